The first kappa shape index (κ1) is 15.8. The third-order valence-electron chi connectivity index (χ3n) is 3.45. The molecule has 6 heteroatoms. The average Bonchev–Trinajstić information content (AvgIpc) is 2.40. The van der Waals surface area contributed by atoms with Crippen LogP contribution in [0.15, 0.2) is 18.2 Å². The van der Waals surface area contributed by atoms with Crippen LogP contribution in [-0.4, -0.2) is 36.7 Å². The average molecular weight is 332 g/mol. The highest BCUT2D eigenvalue weighted by Crippen LogP contribution is 2.25. The standard InChI is InChI=1S/C14H19Cl2N3S/c1-19-6-2-3-10(9-19)8-17-14(20)18-13-5-4-11(15)7-12(13)16/h4-5,7,10H,2-3,6,8-9H2,1H3,(H2,17,18,20). The van der Waals surface area contributed by atoms with E-state index in [-0.39, 0.29) is 0 Å². The summed E-state index contributed by atoms with van der Waals surface area (Å²) in [5.41, 5.74) is 0.773. The molecule has 1 aromatic rings. The summed E-state index contributed by atoms with van der Waals surface area (Å²) in [5.74, 6) is 0.647. The van der Waals surface area contributed by atoms with Gasteiger partial charge in [-0.1, -0.05) is 23.2 Å². The molecule has 110 valence electrons. The highest BCUT2D eigenvalue weighted by atomic mass is 35.5. The van der Waals surface area contributed by atoms with E-state index in [1.54, 1.807) is 12.1 Å². The third kappa shape index (κ3) is 4.77. The molecule has 0 saturated carbocycles. The topological polar surface area (TPSA) is 27.3 Å². The minimum Gasteiger partial charge on any atom is -0.362 e. The lowest BCUT2D eigenvalue weighted by atomic mass is 9.99. The van der Waals surface area contributed by atoms with Gasteiger partial charge in [-0.3, -0.25) is 0 Å². The Morgan fingerprint density at radius 2 is 2.25 bits per heavy atom. The van der Waals surface area contributed by atoms with E-state index in [0.29, 0.717) is 21.1 Å². The van der Waals surface area contributed by atoms with Crippen LogP contribution >= 0.6 is 35.4 Å². The summed E-state index contributed by atoms with van der Waals surface area (Å²) in [4.78, 5) is 2.36. The zero-order valence-corrected chi connectivity index (χ0v) is 13.8. The maximum Gasteiger partial charge on any atom is 0.170 e. The summed E-state index contributed by atoms with van der Waals surface area (Å²) in [6, 6.07) is 5.31. The molecule has 1 saturated heterocycles. The fraction of sp³-hybridized carbons (Fsp3) is 0.500. The Bertz CT molecular complexity index is 481. The van der Waals surface area contributed by atoms with E-state index in [0.717, 1.165) is 18.8 Å². The summed E-state index contributed by atoms with van der Waals surface area (Å²) < 4.78 is 0. The molecule has 0 bridgehead atoms. The van der Waals surface area contributed by atoms with Crippen molar-refractivity contribution in [3.63, 3.8) is 0 Å². The van der Waals surface area contributed by atoms with Crippen molar-refractivity contribution in [1.29, 1.82) is 0 Å². The van der Waals surface area contributed by atoms with Crippen LogP contribution < -0.4 is 10.6 Å². The fourth-order valence-electron chi connectivity index (χ4n) is 2.43. The smallest absolute Gasteiger partial charge is 0.170 e. The monoisotopic (exact) mass is 331 g/mol. The van der Waals surface area contributed by atoms with Crippen molar-refractivity contribution in [1.82, 2.24) is 10.2 Å². The van der Waals surface area contributed by atoms with Crippen molar-refractivity contribution >= 4 is 46.2 Å². The molecule has 1 aliphatic heterocycles. The zero-order valence-electron chi connectivity index (χ0n) is 11.5. The van der Waals surface area contributed by atoms with E-state index in [2.05, 4.69) is 22.6 Å². The van der Waals surface area contributed by atoms with E-state index in [9.17, 15) is 0 Å². The third-order valence-corrected chi connectivity index (χ3v) is 4.25. The molecule has 1 atom stereocenters. The van der Waals surface area contributed by atoms with Gasteiger partial charge in [0.05, 0.1) is 10.7 Å². The molecule has 1 heterocycles. The van der Waals surface area contributed by atoms with Crippen LogP contribution in [-0.2, 0) is 0 Å². The second-order valence-electron chi connectivity index (χ2n) is 5.23. The number of nitrogens with one attached hydrogen (secondary N) is 2. The van der Waals surface area contributed by atoms with Crippen molar-refractivity contribution in [2.45, 2.75) is 12.8 Å². The molecule has 0 spiro atoms. The minimum absolute atomic E-state index is 0.569. The summed E-state index contributed by atoms with van der Waals surface area (Å²) in [6.45, 7) is 3.21. The number of thiocarbonyl (C=S) groups is 1. The Labute approximate surface area is 135 Å². The van der Waals surface area contributed by atoms with Crippen LogP contribution in [0.3, 0.4) is 0 Å². The molecule has 1 aliphatic rings. The van der Waals surface area contributed by atoms with Crippen molar-refractivity contribution in [3.8, 4) is 0 Å². The lowest BCUT2D eigenvalue weighted by molar-refractivity contribution is 0.211. The summed E-state index contributed by atoms with van der Waals surface area (Å²) in [6.07, 6.45) is 2.51. The molecular weight excluding hydrogens is 313 g/mol. The molecule has 20 heavy (non-hydrogen) atoms. The van der Waals surface area contributed by atoms with Crippen molar-refractivity contribution in [2.24, 2.45) is 5.92 Å². The Hall–Kier alpha value is -0.550. The van der Waals surface area contributed by atoms with Crippen LogP contribution in [0.5, 0.6) is 0 Å². The number of hydrogen-bond donors (Lipinski definition) is 2. The first-order chi connectivity index (χ1) is 9.54. The molecule has 0 aliphatic carbocycles. The molecule has 0 radical (unpaired) electrons. The summed E-state index contributed by atoms with van der Waals surface area (Å²) in [7, 11) is 2.16. The van der Waals surface area contributed by atoms with Gasteiger partial charge in [0.25, 0.3) is 0 Å². The lowest BCUT2D eigenvalue weighted by Gasteiger charge is -2.30. The predicted molar refractivity (Wildman–Crippen MR) is 90.9 cm³/mol. The first-order valence-electron chi connectivity index (χ1n) is 6.73. The molecule has 1 fully saturated rings. The van der Waals surface area contributed by atoms with Gasteiger partial charge in [-0.05, 0) is 62.8 Å². The van der Waals surface area contributed by atoms with Crippen LogP contribution in [0.1, 0.15) is 12.8 Å². The molecule has 3 nitrogen and oxygen atoms in total. The Morgan fingerprint density at radius 1 is 1.45 bits per heavy atom. The van der Waals surface area contributed by atoms with Gasteiger partial charge < -0.3 is 15.5 Å². The van der Waals surface area contributed by atoms with Gasteiger partial charge in [-0.15, -0.1) is 0 Å². The SMILES string of the molecule is CN1CCCC(CNC(=S)Nc2ccc(Cl)cc2Cl)C1. The Kier molecular flexibility index (Phi) is 5.90. The quantitative estimate of drug-likeness (QED) is 0.827. The molecule has 2 N–H and O–H groups in total. The number of piperidine rings is 1. The van der Waals surface area contributed by atoms with Gasteiger partial charge >= 0.3 is 0 Å². The highest BCUT2D eigenvalue weighted by Gasteiger charge is 2.17. The van der Waals surface area contributed by atoms with Gasteiger partial charge in [-0.2, -0.15) is 0 Å². The van der Waals surface area contributed by atoms with E-state index in [1.807, 2.05) is 6.07 Å². The number of benzene rings is 1. The van der Waals surface area contributed by atoms with Crippen molar-refractivity contribution in [2.75, 3.05) is 32.0 Å². The van der Waals surface area contributed by atoms with E-state index in [1.165, 1.54) is 19.4 Å². The molecule has 2 rings (SSSR count). The van der Waals surface area contributed by atoms with Gasteiger partial charge in [0.1, 0.15) is 0 Å². The Balaban J connectivity index is 1.80. The number of nitrogens with zero attached hydrogens (tertiary/aromatic N) is 1. The second kappa shape index (κ2) is 7.46. The van der Waals surface area contributed by atoms with E-state index < -0.39 is 0 Å². The van der Waals surface area contributed by atoms with Crippen LogP contribution in [0.2, 0.25) is 10.0 Å². The fourth-order valence-corrected chi connectivity index (χ4v) is 3.08. The predicted octanol–water partition coefficient (Wildman–Crippen LogP) is 3.62. The number of rotatable bonds is 3. The number of halogens is 2. The second-order valence-corrected chi connectivity index (χ2v) is 6.48. The van der Waals surface area contributed by atoms with E-state index in [4.69, 9.17) is 35.4 Å². The zero-order chi connectivity index (χ0) is 14.5. The van der Waals surface area contributed by atoms with Crippen molar-refractivity contribution in [3.05, 3.63) is 28.2 Å². The maximum absolute atomic E-state index is 6.10. The van der Waals surface area contributed by atoms with Gasteiger partial charge in [0.15, 0.2) is 5.11 Å². The highest BCUT2D eigenvalue weighted by molar-refractivity contribution is 7.80. The largest absolute Gasteiger partial charge is 0.362 e. The molecule has 0 amide bonds. The lowest BCUT2D eigenvalue weighted by Crippen LogP contribution is -2.40. The first-order valence-corrected chi connectivity index (χ1v) is 7.89. The maximum atomic E-state index is 6.10. The van der Waals surface area contributed by atoms with Gasteiger partial charge in [0, 0.05) is 18.1 Å². The number of likely N-dealkylation sites (tertiary alicyclic amines) is 1. The van der Waals surface area contributed by atoms with Crippen molar-refractivity contribution < 1.29 is 0 Å². The Morgan fingerprint density at radius 3 is 2.95 bits per heavy atom. The summed E-state index contributed by atoms with van der Waals surface area (Å²) >= 11 is 17.3. The van der Waals surface area contributed by atoms with E-state index >= 15 is 0 Å². The summed E-state index contributed by atoms with van der Waals surface area (Å²) in [5, 5.41) is 8.15. The molecular formula is C14H19Cl2N3S. The normalized spacial score (nSPS) is 19.6. The number of hydrogen-bond acceptors (Lipinski definition) is 2. The van der Waals surface area contributed by atoms with Gasteiger partial charge in [0.2, 0.25) is 0 Å². The van der Waals surface area contributed by atoms with Crippen LogP contribution in [0, 0.1) is 5.92 Å². The minimum atomic E-state index is 0.569. The van der Waals surface area contributed by atoms with Crippen LogP contribution in [0.25, 0.3) is 0 Å². The van der Waals surface area contributed by atoms with Crippen LogP contribution in [0.4, 0.5) is 5.69 Å². The number of anilines is 1. The molecule has 1 unspecified atom stereocenters. The molecule has 0 aromatic heterocycles. The molecule has 1 aromatic carbocycles. The van der Waals surface area contributed by atoms with Gasteiger partial charge in [-0.25, -0.2) is 0 Å².